The SMILES string of the molecule is OCCc1ccc2c(c1)OC(O)(O)O2. The van der Waals surface area contributed by atoms with E-state index < -0.39 is 6.16 Å². The molecular formula is C9H10O5. The molecule has 1 aliphatic heterocycles. The minimum atomic E-state index is -2.57. The van der Waals surface area contributed by atoms with Crippen LogP contribution >= 0.6 is 0 Å². The Morgan fingerprint density at radius 1 is 1.14 bits per heavy atom. The molecule has 5 heteroatoms. The third kappa shape index (κ3) is 1.65. The topological polar surface area (TPSA) is 79.2 Å². The van der Waals surface area contributed by atoms with E-state index in [0.717, 1.165) is 5.56 Å². The first kappa shape index (κ1) is 9.26. The first-order chi connectivity index (χ1) is 6.61. The molecule has 76 valence electrons. The van der Waals surface area contributed by atoms with Crippen LogP contribution in [-0.4, -0.2) is 28.1 Å². The minimum absolute atomic E-state index is 0.0308. The molecule has 0 atom stereocenters. The second-order valence-electron chi connectivity index (χ2n) is 3.01. The molecule has 0 aromatic heterocycles. The summed E-state index contributed by atoms with van der Waals surface area (Å²) in [6, 6.07) is 4.88. The Morgan fingerprint density at radius 3 is 2.57 bits per heavy atom. The molecule has 2 rings (SSSR count). The van der Waals surface area contributed by atoms with Crippen molar-refractivity contribution in [1.29, 1.82) is 0 Å². The van der Waals surface area contributed by atoms with E-state index in [1.54, 1.807) is 18.2 Å². The number of hydrogen-bond donors (Lipinski definition) is 3. The van der Waals surface area contributed by atoms with Crippen LogP contribution in [0.5, 0.6) is 11.5 Å². The van der Waals surface area contributed by atoms with Crippen molar-refractivity contribution >= 4 is 0 Å². The number of aliphatic hydroxyl groups excluding tert-OH is 1. The van der Waals surface area contributed by atoms with Gasteiger partial charge in [0, 0.05) is 6.61 Å². The van der Waals surface area contributed by atoms with Crippen LogP contribution in [0.2, 0.25) is 0 Å². The summed E-state index contributed by atoms with van der Waals surface area (Å²) in [4.78, 5) is 0. The summed E-state index contributed by atoms with van der Waals surface area (Å²) in [6.07, 6.45) is -2.08. The van der Waals surface area contributed by atoms with E-state index in [4.69, 9.17) is 15.3 Å². The van der Waals surface area contributed by atoms with Crippen molar-refractivity contribution in [2.45, 2.75) is 12.6 Å². The molecule has 0 radical (unpaired) electrons. The maximum absolute atomic E-state index is 9.00. The normalized spacial score (nSPS) is 17.1. The van der Waals surface area contributed by atoms with Gasteiger partial charge in [0.05, 0.1) is 0 Å². The number of rotatable bonds is 2. The lowest BCUT2D eigenvalue weighted by Gasteiger charge is -2.10. The van der Waals surface area contributed by atoms with Gasteiger partial charge >= 0.3 is 6.16 Å². The van der Waals surface area contributed by atoms with E-state index in [0.29, 0.717) is 6.42 Å². The van der Waals surface area contributed by atoms with Crippen LogP contribution in [0.3, 0.4) is 0 Å². The van der Waals surface area contributed by atoms with Crippen molar-refractivity contribution in [3.05, 3.63) is 23.8 Å². The standard InChI is InChI=1S/C9H10O5/c10-4-3-6-1-2-7-8(5-6)14-9(11,12)13-7/h1-2,5,10-12H,3-4H2. The van der Waals surface area contributed by atoms with Gasteiger partial charge in [-0.15, -0.1) is 0 Å². The third-order valence-electron chi connectivity index (χ3n) is 1.89. The van der Waals surface area contributed by atoms with E-state index in [9.17, 15) is 0 Å². The van der Waals surface area contributed by atoms with Gasteiger partial charge in [-0.2, -0.15) is 0 Å². The summed E-state index contributed by atoms with van der Waals surface area (Å²) in [7, 11) is 0. The Hall–Kier alpha value is -1.30. The molecule has 0 bridgehead atoms. The summed E-state index contributed by atoms with van der Waals surface area (Å²) >= 11 is 0. The van der Waals surface area contributed by atoms with E-state index in [1.807, 2.05) is 0 Å². The van der Waals surface area contributed by atoms with Gasteiger partial charge in [0.15, 0.2) is 11.5 Å². The molecule has 1 aliphatic rings. The monoisotopic (exact) mass is 198 g/mol. The van der Waals surface area contributed by atoms with Gasteiger partial charge in [0.1, 0.15) is 0 Å². The van der Waals surface area contributed by atoms with E-state index in [1.165, 1.54) is 0 Å². The Morgan fingerprint density at radius 2 is 1.86 bits per heavy atom. The molecule has 0 saturated carbocycles. The van der Waals surface area contributed by atoms with Crippen LogP contribution in [0, 0.1) is 0 Å². The molecule has 0 aliphatic carbocycles. The summed E-state index contributed by atoms with van der Waals surface area (Å²) in [5.74, 6) is 0.539. The molecule has 0 saturated heterocycles. The smallest absolute Gasteiger partial charge is 0.403 e. The highest BCUT2D eigenvalue weighted by molar-refractivity contribution is 5.45. The summed E-state index contributed by atoms with van der Waals surface area (Å²) in [5.41, 5.74) is 0.840. The zero-order valence-corrected chi connectivity index (χ0v) is 7.30. The van der Waals surface area contributed by atoms with E-state index in [2.05, 4.69) is 9.47 Å². The van der Waals surface area contributed by atoms with Gasteiger partial charge in [0.25, 0.3) is 0 Å². The van der Waals surface area contributed by atoms with Crippen LogP contribution < -0.4 is 9.47 Å². The Kier molecular flexibility index (Phi) is 2.07. The van der Waals surface area contributed by atoms with Crippen molar-refractivity contribution in [2.24, 2.45) is 0 Å². The predicted molar refractivity (Wildman–Crippen MR) is 45.7 cm³/mol. The zero-order valence-electron chi connectivity index (χ0n) is 7.30. The van der Waals surface area contributed by atoms with Gasteiger partial charge in [-0.25, -0.2) is 0 Å². The molecule has 1 heterocycles. The molecule has 1 aromatic rings. The third-order valence-corrected chi connectivity index (χ3v) is 1.89. The van der Waals surface area contributed by atoms with Gasteiger partial charge in [-0.05, 0) is 24.1 Å². The highest BCUT2D eigenvalue weighted by Gasteiger charge is 2.37. The lowest BCUT2D eigenvalue weighted by atomic mass is 10.1. The Bertz CT molecular complexity index is 347. The summed E-state index contributed by atoms with van der Waals surface area (Å²) < 4.78 is 9.34. The van der Waals surface area contributed by atoms with Crippen LogP contribution in [0.25, 0.3) is 0 Å². The molecular weight excluding hydrogens is 188 g/mol. The average Bonchev–Trinajstić information content (AvgIpc) is 2.38. The van der Waals surface area contributed by atoms with E-state index >= 15 is 0 Å². The van der Waals surface area contributed by atoms with Crippen LogP contribution in [0.1, 0.15) is 5.56 Å². The number of ether oxygens (including phenoxy) is 2. The Labute approximate surface area is 80.1 Å². The van der Waals surface area contributed by atoms with Crippen molar-refractivity contribution in [3.8, 4) is 11.5 Å². The number of benzene rings is 1. The Balaban J connectivity index is 2.26. The zero-order chi connectivity index (χ0) is 10.2. The number of aliphatic hydroxyl groups is 3. The molecule has 0 fully saturated rings. The number of hydrogen-bond acceptors (Lipinski definition) is 5. The molecule has 5 nitrogen and oxygen atoms in total. The predicted octanol–water partition coefficient (Wildman–Crippen LogP) is -0.412. The first-order valence-corrected chi connectivity index (χ1v) is 4.17. The highest BCUT2D eigenvalue weighted by atomic mass is 17.0. The second-order valence-corrected chi connectivity index (χ2v) is 3.01. The van der Waals surface area contributed by atoms with Crippen molar-refractivity contribution < 1.29 is 24.8 Å². The summed E-state index contributed by atoms with van der Waals surface area (Å²) in [6.45, 7) is 0.0308. The molecule has 14 heavy (non-hydrogen) atoms. The van der Waals surface area contributed by atoms with E-state index in [-0.39, 0.29) is 18.1 Å². The van der Waals surface area contributed by atoms with Crippen LogP contribution in [0.4, 0.5) is 0 Å². The lowest BCUT2D eigenvalue weighted by molar-refractivity contribution is -0.385. The maximum atomic E-state index is 9.00. The van der Waals surface area contributed by atoms with Crippen molar-refractivity contribution in [3.63, 3.8) is 0 Å². The van der Waals surface area contributed by atoms with Crippen molar-refractivity contribution in [2.75, 3.05) is 6.61 Å². The first-order valence-electron chi connectivity index (χ1n) is 4.17. The van der Waals surface area contributed by atoms with Gasteiger partial charge < -0.3 is 14.6 Å². The minimum Gasteiger partial charge on any atom is -0.403 e. The quantitative estimate of drug-likeness (QED) is 0.563. The number of fused-ring (bicyclic) bond motifs is 1. The fraction of sp³-hybridized carbons (Fsp3) is 0.333. The molecule has 0 unspecified atom stereocenters. The fourth-order valence-electron chi connectivity index (χ4n) is 1.31. The second kappa shape index (κ2) is 3.13. The molecule has 3 N–H and O–H groups in total. The molecule has 0 spiro atoms. The fourth-order valence-corrected chi connectivity index (χ4v) is 1.31. The van der Waals surface area contributed by atoms with Crippen LogP contribution in [-0.2, 0) is 6.42 Å². The van der Waals surface area contributed by atoms with Gasteiger partial charge in [-0.1, -0.05) is 6.07 Å². The molecule has 1 aromatic carbocycles. The maximum Gasteiger partial charge on any atom is 0.505 e. The summed E-state index contributed by atoms with van der Waals surface area (Å²) in [5, 5.41) is 26.7. The lowest BCUT2D eigenvalue weighted by Crippen LogP contribution is -2.37. The average molecular weight is 198 g/mol. The van der Waals surface area contributed by atoms with Gasteiger partial charge in [-0.3, -0.25) is 10.2 Å². The van der Waals surface area contributed by atoms with Gasteiger partial charge in [0.2, 0.25) is 0 Å². The molecule has 0 amide bonds. The largest absolute Gasteiger partial charge is 0.505 e. The van der Waals surface area contributed by atoms with Crippen LogP contribution in [0.15, 0.2) is 18.2 Å². The van der Waals surface area contributed by atoms with Crippen molar-refractivity contribution in [1.82, 2.24) is 0 Å². The highest BCUT2D eigenvalue weighted by Crippen LogP contribution is 2.37.